The summed E-state index contributed by atoms with van der Waals surface area (Å²) in [7, 11) is 0. The summed E-state index contributed by atoms with van der Waals surface area (Å²) in [4.78, 5) is 2.04. The molecule has 2 rings (SSSR count). The zero-order valence-corrected chi connectivity index (χ0v) is 11.8. The molecule has 0 aliphatic carbocycles. The van der Waals surface area contributed by atoms with Crippen LogP contribution in [0.4, 0.5) is 13.2 Å². The number of nitrogens with zero attached hydrogens (tertiary/aromatic N) is 1. The molecule has 110 valence electrons. The second-order valence-corrected chi connectivity index (χ2v) is 5.37. The summed E-state index contributed by atoms with van der Waals surface area (Å²) in [5.41, 5.74) is 0.710. The van der Waals surface area contributed by atoms with E-state index in [0.29, 0.717) is 5.56 Å². The first-order valence-electron chi connectivity index (χ1n) is 6.72. The zero-order chi connectivity index (χ0) is 14.6. The molecular weight excluding hydrogens is 287 g/mol. The van der Waals surface area contributed by atoms with Gasteiger partial charge in [-0.3, -0.25) is 4.90 Å². The average molecular weight is 304 g/mol. The number of halogens is 4. The molecule has 1 aromatic rings. The van der Waals surface area contributed by atoms with Crippen LogP contribution in [0.1, 0.15) is 24.8 Å². The van der Waals surface area contributed by atoms with Gasteiger partial charge in [-0.05, 0) is 37.1 Å². The highest BCUT2D eigenvalue weighted by Crippen LogP contribution is 2.35. The Bertz CT molecular complexity index is 462. The molecule has 0 amide bonds. The van der Waals surface area contributed by atoms with Crippen molar-refractivity contribution in [2.75, 3.05) is 19.6 Å². The summed E-state index contributed by atoms with van der Waals surface area (Å²) in [6.07, 6.45) is -1.28. The smallest absolute Gasteiger partial charge is 0.299 e. The molecule has 1 fully saturated rings. The lowest BCUT2D eigenvalue weighted by atomic mass is 10.0. The predicted molar refractivity (Wildman–Crippen MR) is 75.6 cm³/mol. The third-order valence-electron chi connectivity index (χ3n) is 3.47. The van der Waals surface area contributed by atoms with E-state index in [1.807, 2.05) is 4.90 Å². The van der Waals surface area contributed by atoms with Crippen molar-refractivity contribution in [3.63, 3.8) is 0 Å². The number of allylic oxidation sites excluding steroid dienone is 1. The van der Waals surface area contributed by atoms with Crippen molar-refractivity contribution in [3.8, 4) is 0 Å². The number of hydrogen-bond donors (Lipinski definition) is 0. The van der Waals surface area contributed by atoms with Crippen LogP contribution in [0.5, 0.6) is 0 Å². The van der Waals surface area contributed by atoms with Gasteiger partial charge < -0.3 is 0 Å². The third-order valence-corrected chi connectivity index (χ3v) is 3.91. The maximum absolute atomic E-state index is 12.9. The van der Waals surface area contributed by atoms with Gasteiger partial charge in [0.15, 0.2) is 0 Å². The Labute approximate surface area is 122 Å². The Morgan fingerprint density at radius 2 is 1.65 bits per heavy atom. The maximum Gasteiger partial charge on any atom is 0.427 e. The monoisotopic (exact) mass is 303 g/mol. The molecule has 1 saturated heterocycles. The molecule has 1 nitrogen and oxygen atoms in total. The van der Waals surface area contributed by atoms with Crippen LogP contribution in [0.3, 0.4) is 0 Å². The third kappa shape index (κ3) is 4.00. The zero-order valence-electron chi connectivity index (χ0n) is 11.1. The van der Waals surface area contributed by atoms with Crippen LogP contribution >= 0.6 is 11.6 Å². The van der Waals surface area contributed by atoms with Crippen LogP contribution in [0.15, 0.2) is 35.4 Å². The van der Waals surface area contributed by atoms with Gasteiger partial charge in [0, 0.05) is 6.54 Å². The number of piperidine rings is 1. The minimum absolute atomic E-state index is 0.168. The molecule has 1 aliphatic heterocycles. The van der Waals surface area contributed by atoms with Crippen molar-refractivity contribution < 1.29 is 13.2 Å². The van der Waals surface area contributed by atoms with Crippen molar-refractivity contribution in [1.29, 1.82) is 0 Å². The van der Waals surface area contributed by atoms with Crippen LogP contribution in [0.25, 0.3) is 5.57 Å². The molecule has 1 aliphatic rings. The molecule has 0 saturated carbocycles. The summed E-state index contributed by atoms with van der Waals surface area (Å²) in [5, 5.41) is -1.01. The highest BCUT2D eigenvalue weighted by atomic mass is 35.5. The predicted octanol–water partition coefficient (Wildman–Crippen LogP) is 4.68. The first kappa shape index (κ1) is 15.4. The molecule has 20 heavy (non-hydrogen) atoms. The largest absolute Gasteiger partial charge is 0.427 e. The van der Waals surface area contributed by atoms with Crippen LogP contribution in [0, 0.1) is 0 Å². The molecule has 5 heteroatoms. The van der Waals surface area contributed by atoms with Crippen molar-refractivity contribution in [2.24, 2.45) is 0 Å². The van der Waals surface area contributed by atoms with E-state index in [1.54, 1.807) is 30.3 Å². The maximum atomic E-state index is 12.9. The van der Waals surface area contributed by atoms with Gasteiger partial charge in [-0.25, -0.2) is 0 Å². The fourth-order valence-corrected chi connectivity index (χ4v) is 2.61. The number of likely N-dealkylation sites (tertiary alicyclic amines) is 1. The molecule has 1 aromatic carbocycles. The second kappa shape index (κ2) is 6.64. The molecule has 0 aromatic heterocycles. The van der Waals surface area contributed by atoms with E-state index in [0.717, 1.165) is 32.4 Å². The molecule has 0 bridgehead atoms. The fourth-order valence-electron chi connectivity index (χ4n) is 2.44. The lowest BCUT2D eigenvalue weighted by Crippen LogP contribution is -2.32. The summed E-state index contributed by atoms with van der Waals surface area (Å²) in [6.45, 7) is 1.92. The van der Waals surface area contributed by atoms with Gasteiger partial charge in [0.25, 0.3) is 0 Å². The summed E-state index contributed by atoms with van der Waals surface area (Å²) in [5.74, 6) is 0. The first-order valence-corrected chi connectivity index (χ1v) is 7.10. The van der Waals surface area contributed by atoms with Gasteiger partial charge in [0.05, 0.1) is 0 Å². The normalized spacial score (nSPS) is 18.8. The fraction of sp³-hybridized carbons (Fsp3) is 0.467. The second-order valence-electron chi connectivity index (χ2n) is 4.99. The lowest BCUT2D eigenvalue weighted by Gasteiger charge is -2.28. The molecule has 0 spiro atoms. The Balaban J connectivity index is 2.29. The van der Waals surface area contributed by atoms with Crippen molar-refractivity contribution >= 4 is 17.2 Å². The summed E-state index contributed by atoms with van der Waals surface area (Å²) < 4.78 is 38.8. The van der Waals surface area contributed by atoms with Gasteiger partial charge >= 0.3 is 6.18 Å². The highest BCUT2D eigenvalue weighted by Gasteiger charge is 2.35. The van der Waals surface area contributed by atoms with Crippen molar-refractivity contribution in [3.05, 3.63) is 40.9 Å². The van der Waals surface area contributed by atoms with Gasteiger partial charge in [0.2, 0.25) is 0 Å². The van der Waals surface area contributed by atoms with Crippen LogP contribution in [-0.4, -0.2) is 30.7 Å². The number of benzene rings is 1. The number of rotatable bonds is 3. The van der Waals surface area contributed by atoms with Crippen molar-refractivity contribution in [2.45, 2.75) is 25.4 Å². The Morgan fingerprint density at radius 3 is 2.20 bits per heavy atom. The van der Waals surface area contributed by atoms with Gasteiger partial charge in [-0.15, -0.1) is 0 Å². The van der Waals surface area contributed by atoms with E-state index in [4.69, 9.17) is 11.6 Å². The molecular formula is C15H17ClF3N. The lowest BCUT2D eigenvalue weighted by molar-refractivity contribution is -0.0841. The molecule has 0 N–H and O–H groups in total. The Kier molecular flexibility index (Phi) is 5.11. The van der Waals surface area contributed by atoms with E-state index >= 15 is 0 Å². The standard InChI is InChI=1S/C15H17ClF3N/c16-14(15(17,18)19)13(12-7-3-1-4-8-12)11-20-9-5-2-6-10-20/h1,3-4,7-8H,2,5-6,9-11H2. The highest BCUT2D eigenvalue weighted by molar-refractivity contribution is 6.33. The van der Waals surface area contributed by atoms with Crippen LogP contribution in [0.2, 0.25) is 0 Å². The molecule has 0 unspecified atom stereocenters. The first-order chi connectivity index (χ1) is 9.48. The van der Waals surface area contributed by atoms with Gasteiger partial charge in [-0.1, -0.05) is 48.4 Å². The minimum Gasteiger partial charge on any atom is -0.299 e. The van der Waals surface area contributed by atoms with E-state index in [9.17, 15) is 13.2 Å². The minimum atomic E-state index is -4.50. The van der Waals surface area contributed by atoms with Crippen LogP contribution in [-0.2, 0) is 0 Å². The SMILES string of the molecule is FC(F)(F)C(Cl)=C(CN1CCCCC1)c1ccccc1. The van der Waals surface area contributed by atoms with Crippen molar-refractivity contribution in [1.82, 2.24) is 4.90 Å². The van der Waals surface area contributed by atoms with E-state index in [1.165, 1.54) is 0 Å². The molecule has 0 atom stereocenters. The quantitative estimate of drug-likeness (QED) is 0.783. The topological polar surface area (TPSA) is 3.24 Å². The molecule has 0 radical (unpaired) electrons. The van der Waals surface area contributed by atoms with E-state index in [-0.39, 0.29) is 12.1 Å². The van der Waals surface area contributed by atoms with Gasteiger partial charge in [0.1, 0.15) is 5.03 Å². The molecule has 1 heterocycles. The Morgan fingerprint density at radius 1 is 1.05 bits per heavy atom. The Hall–Kier alpha value is -1.00. The average Bonchev–Trinajstić information content (AvgIpc) is 2.45. The number of hydrogen-bond acceptors (Lipinski definition) is 1. The van der Waals surface area contributed by atoms with Crippen LogP contribution < -0.4 is 0 Å². The summed E-state index contributed by atoms with van der Waals surface area (Å²) in [6, 6.07) is 8.59. The number of alkyl halides is 3. The van der Waals surface area contributed by atoms with Gasteiger partial charge in [-0.2, -0.15) is 13.2 Å². The van der Waals surface area contributed by atoms with E-state index < -0.39 is 11.2 Å². The summed E-state index contributed by atoms with van der Waals surface area (Å²) >= 11 is 5.60. The van der Waals surface area contributed by atoms with E-state index in [2.05, 4.69) is 0 Å².